The lowest BCUT2D eigenvalue weighted by Crippen LogP contribution is -2.15. The average Bonchev–Trinajstić information content (AvgIpc) is 3.43. The van der Waals surface area contributed by atoms with Gasteiger partial charge in [0.25, 0.3) is 0 Å². The van der Waals surface area contributed by atoms with Crippen LogP contribution in [0.3, 0.4) is 0 Å². The van der Waals surface area contributed by atoms with E-state index in [4.69, 9.17) is 19.3 Å². The van der Waals surface area contributed by atoms with Crippen LogP contribution in [0.25, 0.3) is 16.4 Å². The van der Waals surface area contributed by atoms with Crippen molar-refractivity contribution >= 4 is 22.1 Å². The summed E-state index contributed by atoms with van der Waals surface area (Å²) in [7, 11) is 1.67. The van der Waals surface area contributed by atoms with Gasteiger partial charge in [0.15, 0.2) is 18.1 Å². The molecule has 0 saturated heterocycles. The predicted molar refractivity (Wildman–Crippen MR) is 157 cm³/mol. The number of methoxy groups -OCH3 is 1. The van der Waals surface area contributed by atoms with E-state index in [0.29, 0.717) is 17.4 Å². The summed E-state index contributed by atoms with van der Waals surface area (Å²) in [5, 5.41) is 11.2. The Morgan fingerprint density at radius 3 is 2.56 bits per heavy atom. The van der Waals surface area contributed by atoms with Gasteiger partial charge in [0.1, 0.15) is 17.8 Å². The van der Waals surface area contributed by atoms with Gasteiger partial charge in [-0.1, -0.05) is 77.4 Å². The second kappa shape index (κ2) is 10.1. The molecule has 1 aliphatic rings. The third-order valence-electron chi connectivity index (χ3n) is 7.46. The van der Waals surface area contributed by atoms with Crippen LogP contribution in [-0.2, 0) is 11.4 Å². The molecule has 4 aromatic carbocycles. The smallest absolute Gasteiger partial charge is 0.228 e. The van der Waals surface area contributed by atoms with E-state index in [1.54, 1.807) is 18.0 Å². The van der Waals surface area contributed by atoms with Crippen LogP contribution in [0, 0.1) is 6.92 Å². The summed E-state index contributed by atoms with van der Waals surface area (Å²) in [4.78, 5) is 15.2. The summed E-state index contributed by atoms with van der Waals surface area (Å²) in [6, 6.07) is 28.7. The lowest BCUT2D eigenvalue weighted by Gasteiger charge is -2.29. The number of rotatable bonds is 6. The van der Waals surface area contributed by atoms with E-state index >= 15 is 0 Å². The van der Waals surface area contributed by atoms with Gasteiger partial charge in [-0.2, -0.15) is 0 Å². The SMILES string of the molecule is COc1ccc([C@H]2c3c(ccc4ccccc34)Oc3ncn4nc(CO/N=C(\C)c5ccc(C)cc5)nc4c32)cc1. The molecule has 0 N–H and O–H groups in total. The minimum Gasteiger partial charge on any atom is -0.497 e. The average molecular weight is 542 g/mol. The van der Waals surface area contributed by atoms with Crippen LogP contribution >= 0.6 is 0 Å². The Bertz CT molecular complexity index is 1930. The van der Waals surface area contributed by atoms with Gasteiger partial charge in [-0.15, -0.1) is 5.10 Å². The number of oxime groups is 1. The molecule has 0 aliphatic carbocycles. The van der Waals surface area contributed by atoms with Crippen molar-refractivity contribution in [2.75, 3.05) is 7.11 Å². The van der Waals surface area contributed by atoms with Crippen LogP contribution in [0.1, 0.15) is 46.5 Å². The van der Waals surface area contributed by atoms with Gasteiger partial charge in [-0.3, -0.25) is 0 Å². The summed E-state index contributed by atoms with van der Waals surface area (Å²) in [6.45, 7) is 4.09. The molecular weight excluding hydrogens is 514 g/mol. The zero-order valence-electron chi connectivity index (χ0n) is 22.9. The van der Waals surface area contributed by atoms with Crippen molar-refractivity contribution in [1.29, 1.82) is 0 Å². The van der Waals surface area contributed by atoms with Gasteiger partial charge in [-0.25, -0.2) is 14.5 Å². The number of hydrogen-bond donors (Lipinski definition) is 0. The molecule has 1 atom stereocenters. The molecule has 1 aliphatic heterocycles. The molecule has 8 heteroatoms. The Balaban J connectivity index is 1.31. The van der Waals surface area contributed by atoms with Gasteiger partial charge >= 0.3 is 0 Å². The molecule has 0 radical (unpaired) electrons. The number of aryl methyl sites for hydroxylation is 1. The zero-order valence-corrected chi connectivity index (χ0v) is 22.9. The number of benzene rings is 4. The van der Waals surface area contributed by atoms with E-state index < -0.39 is 0 Å². The minimum absolute atomic E-state index is 0.118. The molecule has 7 rings (SSSR count). The van der Waals surface area contributed by atoms with Gasteiger partial charge in [0.05, 0.1) is 18.4 Å². The molecule has 3 heterocycles. The van der Waals surface area contributed by atoms with Crippen LogP contribution in [0.15, 0.2) is 96.4 Å². The van der Waals surface area contributed by atoms with Gasteiger partial charge in [0, 0.05) is 11.5 Å². The maximum absolute atomic E-state index is 6.40. The first-order valence-corrected chi connectivity index (χ1v) is 13.4. The van der Waals surface area contributed by atoms with Crippen LogP contribution < -0.4 is 9.47 Å². The quantitative estimate of drug-likeness (QED) is 0.170. The first-order chi connectivity index (χ1) is 20.1. The number of nitrogens with zero attached hydrogens (tertiary/aromatic N) is 5. The molecule has 0 fully saturated rings. The first-order valence-electron chi connectivity index (χ1n) is 13.4. The van der Waals surface area contributed by atoms with Crippen molar-refractivity contribution in [2.24, 2.45) is 5.16 Å². The van der Waals surface area contributed by atoms with Crippen LogP contribution in [-0.4, -0.2) is 32.4 Å². The lowest BCUT2D eigenvalue weighted by molar-refractivity contribution is 0.125. The Hall–Kier alpha value is -5.24. The van der Waals surface area contributed by atoms with Crippen molar-refractivity contribution in [2.45, 2.75) is 26.4 Å². The molecule has 0 unspecified atom stereocenters. The maximum Gasteiger partial charge on any atom is 0.228 e. The van der Waals surface area contributed by atoms with Crippen molar-refractivity contribution < 1.29 is 14.3 Å². The summed E-state index contributed by atoms with van der Waals surface area (Å²) >= 11 is 0. The standard InChI is InChI=1S/C33H27N5O3/c1-20-8-10-22(11-9-20)21(2)37-40-18-28-35-32-31-29(24-12-15-25(39-3)16-13-24)30-26-7-5-4-6-23(26)14-17-27(30)41-33(31)34-19-38(32)36-28/h4-17,19,29H,18H2,1-3H3/b37-21+/t29-/m0/s1. The summed E-state index contributed by atoms with van der Waals surface area (Å²) < 4.78 is 13.5. The van der Waals surface area contributed by atoms with Crippen molar-refractivity contribution in [3.05, 3.63) is 125 Å². The number of hydrogen-bond acceptors (Lipinski definition) is 7. The van der Waals surface area contributed by atoms with Gasteiger partial charge < -0.3 is 14.3 Å². The molecule has 0 bridgehead atoms. The third kappa shape index (κ3) is 4.43. The highest BCUT2D eigenvalue weighted by Crippen LogP contribution is 2.50. The number of ether oxygens (including phenoxy) is 2. The fourth-order valence-corrected chi connectivity index (χ4v) is 5.37. The maximum atomic E-state index is 6.40. The molecule has 8 nitrogen and oxygen atoms in total. The molecular formula is C33H27N5O3. The fourth-order valence-electron chi connectivity index (χ4n) is 5.37. The number of fused-ring (bicyclic) bond motifs is 6. The summed E-state index contributed by atoms with van der Waals surface area (Å²) in [6.07, 6.45) is 1.63. The van der Waals surface area contributed by atoms with Crippen LogP contribution in [0.2, 0.25) is 0 Å². The van der Waals surface area contributed by atoms with Crippen LogP contribution in [0.5, 0.6) is 17.4 Å². The van der Waals surface area contributed by atoms with E-state index in [1.165, 1.54) is 5.56 Å². The molecule has 202 valence electrons. The summed E-state index contributed by atoms with van der Waals surface area (Å²) in [5.41, 5.74) is 6.62. The van der Waals surface area contributed by atoms with E-state index in [0.717, 1.165) is 50.2 Å². The van der Waals surface area contributed by atoms with E-state index in [-0.39, 0.29) is 12.5 Å². The second-order valence-corrected chi connectivity index (χ2v) is 10.1. The normalized spacial score (nSPS) is 14.4. The van der Waals surface area contributed by atoms with Gasteiger partial charge in [0.2, 0.25) is 5.88 Å². The zero-order chi connectivity index (χ0) is 27.9. The fraction of sp³-hybridized carbons (Fsp3) is 0.152. The third-order valence-corrected chi connectivity index (χ3v) is 7.46. The topological polar surface area (TPSA) is 83.1 Å². The molecule has 0 spiro atoms. The molecule has 41 heavy (non-hydrogen) atoms. The van der Waals surface area contributed by atoms with E-state index in [1.807, 2.05) is 49.4 Å². The first kappa shape index (κ1) is 24.8. The van der Waals surface area contributed by atoms with Crippen molar-refractivity contribution in [3.8, 4) is 17.4 Å². The Labute approximate surface area is 236 Å². The highest BCUT2D eigenvalue weighted by molar-refractivity contribution is 5.98. The predicted octanol–water partition coefficient (Wildman–Crippen LogP) is 6.82. The monoisotopic (exact) mass is 541 g/mol. The van der Waals surface area contributed by atoms with E-state index in [2.05, 4.69) is 64.6 Å². The van der Waals surface area contributed by atoms with Gasteiger partial charge in [-0.05, 0) is 53.9 Å². The van der Waals surface area contributed by atoms with Crippen molar-refractivity contribution in [1.82, 2.24) is 19.6 Å². The van der Waals surface area contributed by atoms with E-state index in [9.17, 15) is 0 Å². The molecule has 0 saturated carbocycles. The van der Waals surface area contributed by atoms with Crippen LogP contribution in [0.4, 0.5) is 0 Å². The Morgan fingerprint density at radius 2 is 1.76 bits per heavy atom. The van der Waals surface area contributed by atoms with Crippen molar-refractivity contribution in [3.63, 3.8) is 0 Å². The highest BCUT2D eigenvalue weighted by atomic mass is 16.6. The Morgan fingerprint density at radius 1 is 0.951 bits per heavy atom. The molecule has 6 aromatic rings. The molecule has 0 amide bonds. The second-order valence-electron chi connectivity index (χ2n) is 10.1. The number of aromatic nitrogens is 4. The summed E-state index contributed by atoms with van der Waals surface area (Å²) in [5.74, 6) is 2.38. The lowest BCUT2D eigenvalue weighted by atomic mass is 9.81. The Kier molecular flexibility index (Phi) is 6.08. The minimum atomic E-state index is -0.193. The highest BCUT2D eigenvalue weighted by Gasteiger charge is 2.34. The largest absolute Gasteiger partial charge is 0.497 e. The molecule has 2 aromatic heterocycles.